The van der Waals surface area contributed by atoms with Crippen LogP contribution in [0.25, 0.3) is 20.8 Å². The number of nitrogens with zero attached hydrogens (tertiary/aromatic N) is 8. The molecule has 6 aromatic carbocycles. The molecule has 0 N–H and O–H groups in total. The molecule has 0 saturated carbocycles. The van der Waals surface area contributed by atoms with Crippen LogP contribution in [0.5, 0.6) is 23.0 Å². The van der Waals surface area contributed by atoms with Crippen LogP contribution >= 0.6 is 0 Å². The van der Waals surface area contributed by atoms with Crippen LogP contribution in [0, 0.1) is 105 Å². The Morgan fingerprint density at radius 3 is 0.978 bits per heavy atom. The number of carbonyl (C=O) groups excluding carboxylic acids is 4. The molecule has 0 bridgehead atoms. The minimum atomic E-state index is -0.563. The maximum absolute atomic E-state index is 13.5. The van der Waals surface area contributed by atoms with Crippen molar-refractivity contribution < 1.29 is 54.9 Å². The average Bonchev–Trinajstić information content (AvgIpc) is 1.63. The SMILES string of the molecule is [C-]#[N+]c1ccc(OC(=O)c2c(C)[n-]c(/C(=C3\N=C(C)C(C(=O)Oc4ccc(C#N)cc4)=C3C)c3c(C)cc(C)cc3C)c2C)cc1.[C-]#[N+]c1ccc(OC(=O)c2c(C)[n-]c(/C(=C3\N=C(C)C(C(=O)Oc4ccc(C#N)cc4)=C3C)c3c(C)cc(C)cc3C)c2C)cc1.[Co+2]. The van der Waals surface area contributed by atoms with Gasteiger partial charge in [-0.25, -0.2) is 28.9 Å². The van der Waals surface area contributed by atoms with Gasteiger partial charge >= 0.3 is 40.7 Å². The number of aliphatic imine (C=N–C) groups is 2. The van der Waals surface area contributed by atoms with E-state index in [0.29, 0.717) is 147 Å². The minimum absolute atomic E-state index is 0. The van der Waals surface area contributed by atoms with E-state index in [9.17, 15) is 19.2 Å². The summed E-state index contributed by atoms with van der Waals surface area (Å²) in [6.07, 6.45) is 0. The van der Waals surface area contributed by atoms with Gasteiger partial charge in [-0.15, -0.1) is 22.8 Å². The Hall–Kier alpha value is -11.5. The molecule has 463 valence electrons. The summed E-state index contributed by atoms with van der Waals surface area (Å²) >= 11 is 0. The van der Waals surface area contributed by atoms with Crippen LogP contribution in [-0.4, -0.2) is 35.3 Å². The van der Waals surface area contributed by atoms with E-state index >= 15 is 0 Å². The van der Waals surface area contributed by atoms with Crippen LogP contribution in [0.3, 0.4) is 0 Å². The zero-order chi connectivity index (χ0) is 66.6. The van der Waals surface area contributed by atoms with Gasteiger partial charge in [0, 0.05) is 11.1 Å². The van der Waals surface area contributed by atoms with Gasteiger partial charge in [-0.2, -0.15) is 10.5 Å². The van der Waals surface area contributed by atoms with E-state index < -0.39 is 23.9 Å². The van der Waals surface area contributed by atoms with Gasteiger partial charge in [-0.1, -0.05) is 84.6 Å². The first-order chi connectivity index (χ1) is 43.9. The molecule has 0 atom stereocenters. The molecule has 0 fully saturated rings. The van der Waals surface area contributed by atoms with E-state index in [4.69, 9.17) is 62.6 Å². The van der Waals surface area contributed by atoms with Crippen molar-refractivity contribution in [1.29, 1.82) is 10.5 Å². The summed E-state index contributed by atoms with van der Waals surface area (Å²) in [6.45, 7) is 40.8. The molecular weight excluding hydrogens is 1210 g/mol. The van der Waals surface area contributed by atoms with Gasteiger partial charge in [0.25, 0.3) is 0 Å². The molecule has 0 unspecified atom stereocenters. The van der Waals surface area contributed by atoms with Crippen LogP contribution in [-0.2, 0) is 26.4 Å². The maximum Gasteiger partial charge on any atom is 2.00 e. The molecule has 2 aliphatic heterocycles. The summed E-state index contributed by atoms with van der Waals surface area (Å²) in [5.74, 6) is -0.968. The molecule has 16 nitrogen and oxygen atoms in total. The summed E-state index contributed by atoms with van der Waals surface area (Å²) < 4.78 is 22.8. The number of rotatable bonds is 12. The Morgan fingerprint density at radius 2 is 0.699 bits per heavy atom. The predicted molar refractivity (Wildman–Crippen MR) is 352 cm³/mol. The normalized spacial score (nSPS) is 13.4. The smallest absolute Gasteiger partial charge is 0.660 e. The molecule has 10 rings (SSSR count). The van der Waals surface area contributed by atoms with Crippen molar-refractivity contribution in [1.82, 2.24) is 9.97 Å². The zero-order valence-electron chi connectivity index (χ0n) is 53.7. The Bertz CT molecular complexity index is 4460. The Morgan fingerprint density at radius 1 is 0.419 bits per heavy atom. The second kappa shape index (κ2) is 28.1. The number of benzene rings is 6. The monoisotopic (exact) mass is 1270 g/mol. The van der Waals surface area contributed by atoms with Crippen molar-refractivity contribution in [3.05, 3.63) is 279 Å². The van der Waals surface area contributed by atoms with Gasteiger partial charge < -0.3 is 28.9 Å². The van der Waals surface area contributed by atoms with E-state index in [1.165, 1.54) is 0 Å². The molecule has 2 aliphatic rings. The van der Waals surface area contributed by atoms with Crippen molar-refractivity contribution in [2.75, 3.05) is 0 Å². The molecule has 1 radical (unpaired) electrons. The fraction of sp³-hybridized carbons (Fsp3) is 0.184. The third kappa shape index (κ3) is 14.0. The molecule has 0 spiro atoms. The number of hydrogen-bond donors (Lipinski definition) is 0. The van der Waals surface area contributed by atoms with Gasteiger partial charge in [0.2, 0.25) is 0 Å². The molecule has 0 aliphatic carbocycles. The number of aromatic nitrogens is 2. The Balaban J connectivity index is 0.000000236. The van der Waals surface area contributed by atoms with Crippen LogP contribution in [0.4, 0.5) is 11.4 Å². The Labute approximate surface area is 550 Å². The van der Waals surface area contributed by atoms with Crippen molar-refractivity contribution in [3.63, 3.8) is 0 Å². The summed E-state index contributed by atoms with van der Waals surface area (Å²) in [5, 5.41) is 18.2. The average molecular weight is 1270 g/mol. The standard InChI is InChI=1S/2C38H32N4O4.Co/c2*1-20-17-21(2)31(22(3)18-20)34(35-23(4)32(25(6)41-35)37(43)45-29-13-9-27(19-39)10-14-29)36-24(5)33(26(7)42-36)38(44)46-30-15-11-28(40-8)12-16-30;/h2*9-18H,1-7H3,(H,41,42,43,44);/q;;+2/p-2. The van der Waals surface area contributed by atoms with E-state index in [1.807, 2.05) is 69.2 Å². The Kier molecular flexibility index (Phi) is 20.4. The number of carbonyl (C=O) groups is 4. The van der Waals surface area contributed by atoms with Crippen LogP contribution in [0.1, 0.15) is 138 Å². The number of esters is 4. The van der Waals surface area contributed by atoms with Gasteiger partial charge in [0.1, 0.15) is 23.0 Å². The number of allylic oxidation sites excluding steroid dienone is 2. The second-order valence-electron chi connectivity index (χ2n) is 22.5. The zero-order valence-corrected chi connectivity index (χ0v) is 54.8. The van der Waals surface area contributed by atoms with Crippen LogP contribution in [0.15, 0.2) is 165 Å². The summed E-state index contributed by atoms with van der Waals surface area (Å²) in [4.78, 5) is 80.4. The molecular formula is C76H62CoN8O8. The third-order valence-electron chi connectivity index (χ3n) is 15.8. The summed E-state index contributed by atoms with van der Waals surface area (Å²) in [5.41, 5.74) is 19.3. The quantitative estimate of drug-likeness (QED) is 0.0634. The van der Waals surface area contributed by atoms with Gasteiger partial charge in [-0.05, 0) is 212 Å². The van der Waals surface area contributed by atoms with E-state index in [-0.39, 0.29) is 16.8 Å². The first-order valence-corrected chi connectivity index (χ1v) is 29.2. The fourth-order valence-electron chi connectivity index (χ4n) is 11.8. The molecule has 4 heterocycles. The number of nitriles is 2. The number of hydrogen-bond acceptors (Lipinski definition) is 12. The predicted octanol–water partition coefficient (Wildman–Crippen LogP) is 16.0. The second-order valence-corrected chi connectivity index (χ2v) is 22.5. The largest absolute Gasteiger partial charge is 2.00 e. The topological polar surface area (TPSA) is 214 Å². The minimum Gasteiger partial charge on any atom is -0.660 e. The van der Waals surface area contributed by atoms with Crippen LogP contribution < -0.4 is 28.9 Å². The molecule has 93 heavy (non-hydrogen) atoms. The van der Waals surface area contributed by atoms with Gasteiger partial charge in [-0.3, -0.25) is 9.98 Å². The first kappa shape index (κ1) is 67.5. The molecule has 2 aromatic heterocycles. The number of aryl methyl sites for hydroxylation is 8. The van der Waals surface area contributed by atoms with Crippen molar-refractivity contribution in [2.45, 2.75) is 96.9 Å². The van der Waals surface area contributed by atoms with E-state index in [2.05, 4.69) is 46.1 Å². The van der Waals surface area contributed by atoms with Crippen LogP contribution in [0.2, 0.25) is 0 Å². The van der Waals surface area contributed by atoms with Crippen molar-refractivity contribution >= 4 is 57.8 Å². The molecule has 0 saturated heterocycles. The maximum atomic E-state index is 13.5. The third-order valence-corrected chi connectivity index (χ3v) is 15.8. The van der Waals surface area contributed by atoms with E-state index in [1.54, 1.807) is 125 Å². The summed E-state index contributed by atoms with van der Waals surface area (Å²) in [6, 6.07) is 37.8. The molecule has 8 aromatic rings. The van der Waals surface area contributed by atoms with Gasteiger partial charge in [0.15, 0.2) is 11.4 Å². The molecule has 17 heteroatoms. The first-order valence-electron chi connectivity index (χ1n) is 29.2. The van der Waals surface area contributed by atoms with E-state index in [0.717, 1.165) is 44.5 Å². The van der Waals surface area contributed by atoms with Crippen molar-refractivity contribution in [3.8, 4) is 35.1 Å². The van der Waals surface area contributed by atoms with Crippen molar-refractivity contribution in [2.24, 2.45) is 9.98 Å². The van der Waals surface area contributed by atoms with Gasteiger partial charge in [0.05, 0.1) is 70.4 Å². The molecule has 0 amide bonds. The fourth-order valence-corrected chi connectivity index (χ4v) is 11.8. The number of ether oxygens (including phenoxy) is 4. The summed E-state index contributed by atoms with van der Waals surface area (Å²) in [7, 11) is 0.